The van der Waals surface area contributed by atoms with Crippen LogP contribution in [-0.4, -0.2) is 64.1 Å². The number of nitrogens with one attached hydrogen (secondary N) is 2. The quantitative estimate of drug-likeness (QED) is 0.393. The average molecular weight is 536 g/mol. The van der Waals surface area contributed by atoms with Crippen molar-refractivity contribution in [2.24, 2.45) is 0 Å². The van der Waals surface area contributed by atoms with Crippen molar-refractivity contribution in [1.29, 1.82) is 0 Å². The van der Waals surface area contributed by atoms with Gasteiger partial charge in [-0.3, -0.25) is 9.69 Å². The number of rotatable bonds is 8. The number of ether oxygens (including phenoxy) is 1. The molecule has 4 rings (SSSR count). The third-order valence-electron chi connectivity index (χ3n) is 6.84. The molecule has 0 radical (unpaired) electrons. The van der Waals surface area contributed by atoms with Gasteiger partial charge in [-0.15, -0.1) is 0 Å². The molecule has 0 unspecified atom stereocenters. The fourth-order valence-electron chi connectivity index (χ4n) is 4.61. The van der Waals surface area contributed by atoms with Crippen molar-refractivity contribution in [2.45, 2.75) is 46.8 Å². The molecule has 0 bridgehead atoms. The minimum absolute atomic E-state index is 0.111. The minimum atomic E-state index is -1.24. The number of carboxylic acid groups (broad SMARTS) is 1. The number of amides is 1. The highest BCUT2D eigenvalue weighted by atomic mass is 19.1. The number of carbonyl (C=O) groups excluding carboxylic acids is 1. The van der Waals surface area contributed by atoms with Crippen LogP contribution < -0.4 is 15.4 Å². The Hall–Kier alpha value is -3.89. The van der Waals surface area contributed by atoms with Gasteiger partial charge in [0.1, 0.15) is 34.9 Å². The van der Waals surface area contributed by atoms with E-state index in [0.29, 0.717) is 40.4 Å². The van der Waals surface area contributed by atoms with Crippen LogP contribution in [0.5, 0.6) is 5.75 Å². The summed E-state index contributed by atoms with van der Waals surface area (Å²) in [5.74, 6) is -1.12. The van der Waals surface area contributed by atoms with Crippen LogP contribution in [0.4, 0.5) is 10.2 Å². The normalized spacial score (nSPS) is 16.5. The molecule has 2 heterocycles. The molecule has 1 aliphatic rings. The number of hydrogen-bond acceptors (Lipinski definition) is 7. The van der Waals surface area contributed by atoms with Crippen molar-refractivity contribution < 1.29 is 23.8 Å². The highest BCUT2D eigenvalue weighted by Crippen LogP contribution is 2.31. The van der Waals surface area contributed by atoms with Crippen molar-refractivity contribution >= 4 is 17.7 Å². The maximum Gasteiger partial charge on any atom is 0.339 e. The predicted octanol–water partition coefficient (Wildman–Crippen LogP) is 4.21. The summed E-state index contributed by atoms with van der Waals surface area (Å²) in [7, 11) is 0. The Morgan fingerprint density at radius 2 is 1.92 bits per heavy atom. The smallest absolute Gasteiger partial charge is 0.339 e. The average Bonchev–Trinajstić information content (AvgIpc) is 2.87. The number of nitrogens with zero attached hydrogens (tertiary/aromatic N) is 3. The molecule has 1 saturated heterocycles. The Labute approximate surface area is 227 Å². The van der Waals surface area contributed by atoms with Gasteiger partial charge in [0, 0.05) is 49.5 Å². The fourth-order valence-corrected chi connectivity index (χ4v) is 4.61. The van der Waals surface area contributed by atoms with Gasteiger partial charge < -0.3 is 20.5 Å². The van der Waals surface area contributed by atoms with Gasteiger partial charge in [-0.1, -0.05) is 12.1 Å². The Kier molecular flexibility index (Phi) is 8.57. The first-order valence-electron chi connectivity index (χ1n) is 12.9. The van der Waals surface area contributed by atoms with E-state index < -0.39 is 18.0 Å². The molecule has 0 aliphatic carbocycles. The number of anilines is 1. The highest BCUT2D eigenvalue weighted by molar-refractivity contribution is 6.07. The third-order valence-corrected chi connectivity index (χ3v) is 6.84. The molecule has 9 nitrogen and oxygen atoms in total. The number of aromatic nitrogens is 2. The molecule has 0 saturated carbocycles. The second-order valence-corrected chi connectivity index (χ2v) is 10.1. The van der Waals surface area contributed by atoms with Crippen molar-refractivity contribution in [3.8, 4) is 5.75 Å². The van der Waals surface area contributed by atoms with E-state index in [2.05, 4.69) is 32.4 Å². The van der Waals surface area contributed by atoms with Crippen molar-refractivity contribution in [1.82, 2.24) is 20.2 Å². The summed E-state index contributed by atoms with van der Waals surface area (Å²) in [5, 5.41) is 16.2. The first-order chi connectivity index (χ1) is 18.5. The summed E-state index contributed by atoms with van der Waals surface area (Å²) >= 11 is 0. The molecule has 1 amide bonds. The van der Waals surface area contributed by atoms with Crippen LogP contribution in [-0.2, 0) is 0 Å². The summed E-state index contributed by atoms with van der Waals surface area (Å²) in [6.45, 7) is 11.8. The third kappa shape index (κ3) is 6.76. The van der Waals surface area contributed by atoms with Crippen molar-refractivity contribution in [3.05, 3.63) is 81.6 Å². The van der Waals surface area contributed by atoms with Crippen LogP contribution in [0, 0.1) is 33.5 Å². The Morgan fingerprint density at radius 3 is 2.62 bits per heavy atom. The first-order valence-corrected chi connectivity index (χ1v) is 12.9. The number of aromatic carboxylic acids is 1. The zero-order valence-corrected chi connectivity index (χ0v) is 22.8. The molecule has 2 aromatic carbocycles. The molecule has 1 fully saturated rings. The molecule has 0 spiro atoms. The Balaban J connectivity index is 1.67. The molecule has 3 N–H and O–H groups in total. The van der Waals surface area contributed by atoms with Gasteiger partial charge in [0.15, 0.2) is 0 Å². The van der Waals surface area contributed by atoms with E-state index in [0.717, 1.165) is 19.6 Å². The van der Waals surface area contributed by atoms with E-state index in [-0.39, 0.29) is 28.7 Å². The summed E-state index contributed by atoms with van der Waals surface area (Å²) in [6, 6.07) is 8.07. The Morgan fingerprint density at radius 1 is 1.15 bits per heavy atom. The highest BCUT2D eigenvalue weighted by Gasteiger charge is 2.26. The summed E-state index contributed by atoms with van der Waals surface area (Å²) in [5.41, 5.74) is 2.35. The van der Waals surface area contributed by atoms with Crippen LogP contribution in [0.2, 0.25) is 0 Å². The zero-order chi connectivity index (χ0) is 28.3. The molecule has 3 aromatic rings. The topological polar surface area (TPSA) is 117 Å². The Bertz CT molecular complexity index is 1400. The van der Waals surface area contributed by atoms with E-state index in [1.807, 2.05) is 0 Å². The number of carboxylic acids is 1. The van der Waals surface area contributed by atoms with Crippen molar-refractivity contribution in [3.63, 3.8) is 0 Å². The fraction of sp³-hybridized carbons (Fsp3) is 0.379. The molecule has 2 atom stereocenters. The minimum Gasteiger partial charge on any atom is -0.483 e. The molecular weight excluding hydrogens is 501 g/mol. The van der Waals surface area contributed by atoms with Gasteiger partial charge in [0.05, 0.1) is 0 Å². The number of carbonyl (C=O) groups is 2. The maximum absolute atomic E-state index is 14.5. The van der Waals surface area contributed by atoms with E-state index in [9.17, 15) is 19.1 Å². The molecule has 39 heavy (non-hydrogen) atoms. The SMILES string of the molecule is Cc1ncc(C)c(NC(=O)c2cc(C(=O)O)c(O[C@H](CN3CCN[C@H](C)C3)c3ccc(C)c(F)c3)cc2C)n1. The van der Waals surface area contributed by atoms with Gasteiger partial charge >= 0.3 is 5.97 Å². The van der Waals surface area contributed by atoms with Gasteiger partial charge in [-0.05, 0) is 69.5 Å². The number of piperazine rings is 1. The van der Waals surface area contributed by atoms with E-state index >= 15 is 0 Å². The predicted molar refractivity (Wildman–Crippen MR) is 146 cm³/mol. The van der Waals surface area contributed by atoms with E-state index in [1.165, 1.54) is 12.1 Å². The lowest BCUT2D eigenvalue weighted by Crippen LogP contribution is -2.50. The van der Waals surface area contributed by atoms with Crippen LogP contribution in [0.15, 0.2) is 36.5 Å². The monoisotopic (exact) mass is 535 g/mol. The molecule has 206 valence electrons. The number of aryl methyl sites for hydroxylation is 4. The standard InChI is InChI=1S/C29H34FN5O4/c1-16-6-7-21(11-24(16)30)26(15-35-9-8-31-19(4)14-35)39-25-10-17(2)22(12-23(25)29(37)38)28(36)34-27-18(3)13-32-20(5)33-27/h6-7,10-13,19,26,31H,8-9,14-15H2,1-5H3,(H,37,38)(H,32,33,34,36)/t19-,26-/m1/s1. The largest absolute Gasteiger partial charge is 0.483 e. The zero-order valence-electron chi connectivity index (χ0n) is 22.8. The second-order valence-electron chi connectivity index (χ2n) is 10.1. The van der Waals surface area contributed by atoms with Gasteiger partial charge in [0.2, 0.25) is 0 Å². The molecular formula is C29H34FN5O4. The molecule has 1 aliphatic heterocycles. The van der Waals surface area contributed by atoms with Gasteiger partial charge in [-0.25, -0.2) is 19.2 Å². The van der Waals surface area contributed by atoms with E-state index in [4.69, 9.17) is 4.74 Å². The second kappa shape index (κ2) is 11.9. The first kappa shape index (κ1) is 28.1. The van der Waals surface area contributed by atoms with Crippen LogP contribution >= 0.6 is 0 Å². The van der Waals surface area contributed by atoms with Crippen LogP contribution in [0.3, 0.4) is 0 Å². The lowest BCUT2D eigenvalue weighted by Gasteiger charge is -2.34. The number of halogens is 1. The summed E-state index contributed by atoms with van der Waals surface area (Å²) in [6.07, 6.45) is 0.978. The molecule has 10 heteroatoms. The summed E-state index contributed by atoms with van der Waals surface area (Å²) in [4.78, 5) is 36.0. The lowest BCUT2D eigenvalue weighted by molar-refractivity contribution is 0.0682. The molecule has 1 aromatic heterocycles. The number of hydrogen-bond donors (Lipinski definition) is 3. The van der Waals surface area contributed by atoms with Crippen molar-refractivity contribution in [2.75, 3.05) is 31.5 Å². The van der Waals surface area contributed by atoms with Crippen LogP contribution in [0.25, 0.3) is 0 Å². The van der Waals surface area contributed by atoms with E-state index in [1.54, 1.807) is 52.1 Å². The lowest BCUT2D eigenvalue weighted by atomic mass is 10.0. The maximum atomic E-state index is 14.5. The number of benzene rings is 2. The summed E-state index contributed by atoms with van der Waals surface area (Å²) < 4.78 is 20.9. The van der Waals surface area contributed by atoms with Gasteiger partial charge in [0.25, 0.3) is 5.91 Å². The van der Waals surface area contributed by atoms with Gasteiger partial charge in [-0.2, -0.15) is 0 Å². The van der Waals surface area contributed by atoms with Crippen LogP contribution in [0.1, 0.15) is 61.8 Å².